The van der Waals surface area contributed by atoms with Gasteiger partial charge >= 0.3 is 0 Å². The lowest BCUT2D eigenvalue weighted by Gasteiger charge is -2.45. The second-order valence-electron chi connectivity index (χ2n) is 5.94. The van der Waals surface area contributed by atoms with Gasteiger partial charge in [0.1, 0.15) is 0 Å². The maximum absolute atomic E-state index is 5.93. The highest BCUT2D eigenvalue weighted by Gasteiger charge is 2.35. The summed E-state index contributed by atoms with van der Waals surface area (Å²) in [6.07, 6.45) is 5.87. The van der Waals surface area contributed by atoms with Gasteiger partial charge in [-0.3, -0.25) is 4.90 Å². The van der Waals surface area contributed by atoms with E-state index in [0.717, 1.165) is 30.7 Å². The smallest absolute Gasteiger partial charge is 0.0730 e. The molecule has 0 N–H and O–H groups in total. The standard InChI is InChI=1S/C14H27NOS/c1-11(2)12(10-17)9-15-7-8-16-14-6-4-3-5-13(14)15/h11-14,17H,3-10H2,1-2H3. The Bertz CT molecular complexity index is 232. The van der Waals surface area contributed by atoms with Crippen LogP contribution in [0.2, 0.25) is 0 Å². The Labute approximate surface area is 112 Å². The van der Waals surface area contributed by atoms with Gasteiger partial charge in [-0.2, -0.15) is 12.6 Å². The number of fused-ring (bicyclic) bond motifs is 1. The third-order valence-corrected chi connectivity index (χ3v) is 4.96. The van der Waals surface area contributed by atoms with Gasteiger partial charge in [0.25, 0.3) is 0 Å². The van der Waals surface area contributed by atoms with Crippen LogP contribution in [0.15, 0.2) is 0 Å². The maximum atomic E-state index is 5.93. The van der Waals surface area contributed by atoms with Gasteiger partial charge < -0.3 is 4.74 Å². The molecule has 2 rings (SSSR count). The van der Waals surface area contributed by atoms with Crippen LogP contribution in [0.4, 0.5) is 0 Å². The highest BCUT2D eigenvalue weighted by Crippen LogP contribution is 2.29. The summed E-state index contributed by atoms with van der Waals surface area (Å²) in [5.74, 6) is 2.46. The fourth-order valence-corrected chi connectivity index (χ4v) is 3.72. The SMILES string of the molecule is CC(C)C(CS)CN1CCOC2CCCCC21. The first-order chi connectivity index (χ1) is 8.22. The van der Waals surface area contributed by atoms with Gasteiger partial charge in [0.05, 0.1) is 12.7 Å². The van der Waals surface area contributed by atoms with E-state index in [1.807, 2.05) is 0 Å². The lowest BCUT2D eigenvalue weighted by Crippen LogP contribution is -2.54. The van der Waals surface area contributed by atoms with Crippen molar-refractivity contribution in [3.8, 4) is 0 Å². The Kier molecular flexibility index (Phi) is 5.19. The average molecular weight is 257 g/mol. The van der Waals surface area contributed by atoms with Crippen LogP contribution < -0.4 is 0 Å². The summed E-state index contributed by atoms with van der Waals surface area (Å²) in [6.45, 7) is 7.90. The number of thiol groups is 1. The first-order valence-electron chi connectivity index (χ1n) is 7.19. The fourth-order valence-electron chi connectivity index (χ4n) is 3.18. The quantitative estimate of drug-likeness (QED) is 0.778. The van der Waals surface area contributed by atoms with Crippen molar-refractivity contribution in [1.82, 2.24) is 4.90 Å². The topological polar surface area (TPSA) is 12.5 Å². The molecule has 1 heterocycles. The summed E-state index contributed by atoms with van der Waals surface area (Å²) in [7, 11) is 0. The maximum Gasteiger partial charge on any atom is 0.0730 e. The molecule has 100 valence electrons. The highest BCUT2D eigenvalue weighted by atomic mass is 32.1. The predicted octanol–water partition coefficient (Wildman–Crippen LogP) is 2.83. The number of hydrogen-bond donors (Lipinski definition) is 1. The number of hydrogen-bond acceptors (Lipinski definition) is 3. The number of morpholine rings is 1. The summed E-state index contributed by atoms with van der Waals surface area (Å²) < 4.78 is 5.93. The number of ether oxygens (including phenoxy) is 1. The van der Waals surface area contributed by atoms with E-state index >= 15 is 0 Å². The minimum Gasteiger partial charge on any atom is -0.375 e. The van der Waals surface area contributed by atoms with Crippen molar-refractivity contribution in [2.75, 3.05) is 25.4 Å². The molecule has 1 saturated carbocycles. The van der Waals surface area contributed by atoms with Crippen LogP contribution in [-0.2, 0) is 4.74 Å². The predicted molar refractivity (Wildman–Crippen MR) is 75.8 cm³/mol. The van der Waals surface area contributed by atoms with E-state index in [0.29, 0.717) is 12.1 Å². The Morgan fingerprint density at radius 2 is 2.06 bits per heavy atom. The summed E-state index contributed by atoms with van der Waals surface area (Å²) in [5, 5.41) is 0. The minimum absolute atomic E-state index is 0.519. The summed E-state index contributed by atoms with van der Waals surface area (Å²) in [5.41, 5.74) is 0. The van der Waals surface area contributed by atoms with Crippen LogP contribution in [0, 0.1) is 11.8 Å². The van der Waals surface area contributed by atoms with E-state index in [2.05, 4.69) is 31.4 Å². The van der Waals surface area contributed by atoms with Gasteiger partial charge in [-0.15, -0.1) is 0 Å². The summed E-state index contributed by atoms with van der Waals surface area (Å²) >= 11 is 4.51. The molecular formula is C14H27NOS. The summed E-state index contributed by atoms with van der Waals surface area (Å²) in [4.78, 5) is 2.69. The van der Waals surface area contributed by atoms with Crippen molar-refractivity contribution in [3.63, 3.8) is 0 Å². The molecule has 0 aromatic heterocycles. The molecule has 0 spiro atoms. The zero-order valence-corrected chi connectivity index (χ0v) is 12.2. The molecule has 17 heavy (non-hydrogen) atoms. The van der Waals surface area contributed by atoms with Crippen molar-refractivity contribution in [2.45, 2.75) is 51.7 Å². The van der Waals surface area contributed by atoms with E-state index in [1.165, 1.54) is 32.2 Å². The zero-order valence-electron chi connectivity index (χ0n) is 11.3. The van der Waals surface area contributed by atoms with Crippen molar-refractivity contribution in [2.24, 2.45) is 11.8 Å². The van der Waals surface area contributed by atoms with Crippen molar-refractivity contribution in [3.05, 3.63) is 0 Å². The lowest BCUT2D eigenvalue weighted by molar-refractivity contribution is -0.0925. The largest absolute Gasteiger partial charge is 0.375 e. The normalized spacial score (nSPS) is 32.5. The highest BCUT2D eigenvalue weighted by molar-refractivity contribution is 7.80. The average Bonchev–Trinajstić information content (AvgIpc) is 2.35. The van der Waals surface area contributed by atoms with Crippen molar-refractivity contribution >= 4 is 12.6 Å². The molecule has 1 aliphatic heterocycles. The first-order valence-corrected chi connectivity index (χ1v) is 7.82. The molecular weight excluding hydrogens is 230 g/mol. The third kappa shape index (κ3) is 3.39. The van der Waals surface area contributed by atoms with Crippen LogP contribution in [0.5, 0.6) is 0 Å². The molecule has 0 bridgehead atoms. The molecule has 2 fully saturated rings. The monoisotopic (exact) mass is 257 g/mol. The van der Waals surface area contributed by atoms with Gasteiger partial charge in [0.15, 0.2) is 0 Å². The Hall–Kier alpha value is 0.270. The summed E-state index contributed by atoms with van der Waals surface area (Å²) in [6, 6.07) is 0.693. The second-order valence-corrected chi connectivity index (χ2v) is 6.31. The van der Waals surface area contributed by atoms with E-state index in [9.17, 15) is 0 Å². The Morgan fingerprint density at radius 1 is 1.29 bits per heavy atom. The van der Waals surface area contributed by atoms with Crippen molar-refractivity contribution < 1.29 is 4.74 Å². The molecule has 0 aromatic carbocycles. The van der Waals surface area contributed by atoms with Crippen LogP contribution in [0.25, 0.3) is 0 Å². The third-order valence-electron chi connectivity index (χ3n) is 4.49. The van der Waals surface area contributed by atoms with Gasteiger partial charge in [-0.25, -0.2) is 0 Å². The first kappa shape index (κ1) is 13.7. The minimum atomic E-state index is 0.519. The Morgan fingerprint density at radius 3 is 2.76 bits per heavy atom. The Balaban J connectivity index is 1.94. The van der Waals surface area contributed by atoms with Crippen molar-refractivity contribution in [1.29, 1.82) is 0 Å². The van der Waals surface area contributed by atoms with Crippen LogP contribution >= 0.6 is 12.6 Å². The molecule has 0 amide bonds. The van der Waals surface area contributed by atoms with Gasteiger partial charge in [-0.05, 0) is 30.4 Å². The van der Waals surface area contributed by atoms with E-state index in [1.54, 1.807) is 0 Å². The molecule has 1 saturated heterocycles. The van der Waals surface area contributed by atoms with E-state index in [4.69, 9.17) is 4.74 Å². The molecule has 2 nitrogen and oxygen atoms in total. The van der Waals surface area contributed by atoms with Crippen LogP contribution in [-0.4, -0.2) is 42.5 Å². The van der Waals surface area contributed by atoms with E-state index in [-0.39, 0.29) is 0 Å². The van der Waals surface area contributed by atoms with Gasteiger partial charge in [0, 0.05) is 19.1 Å². The van der Waals surface area contributed by atoms with Gasteiger partial charge in [-0.1, -0.05) is 26.7 Å². The molecule has 0 radical (unpaired) electrons. The fraction of sp³-hybridized carbons (Fsp3) is 1.00. The van der Waals surface area contributed by atoms with Gasteiger partial charge in [0.2, 0.25) is 0 Å². The van der Waals surface area contributed by atoms with Crippen LogP contribution in [0.1, 0.15) is 39.5 Å². The van der Waals surface area contributed by atoms with E-state index < -0.39 is 0 Å². The molecule has 0 aromatic rings. The molecule has 3 unspecified atom stereocenters. The zero-order chi connectivity index (χ0) is 12.3. The second kappa shape index (κ2) is 6.44. The molecule has 2 aliphatic rings. The lowest BCUT2D eigenvalue weighted by atomic mass is 9.88. The molecule has 3 atom stereocenters. The number of nitrogens with zero attached hydrogens (tertiary/aromatic N) is 1. The number of rotatable bonds is 4. The molecule has 3 heteroatoms. The molecule has 1 aliphatic carbocycles. The van der Waals surface area contributed by atoms with Crippen LogP contribution in [0.3, 0.4) is 0 Å².